The number of hydrogen-bond acceptors (Lipinski definition) is 2. The summed E-state index contributed by atoms with van der Waals surface area (Å²) in [6, 6.07) is 0.267. The van der Waals surface area contributed by atoms with Crippen molar-refractivity contribution in [2.45, 2.75) is 51.5 Å². The second kappa shape index (κ2) is 7.10. The van der Waals surface area contributed by atoms with Gasteiger partial charge in [-0.05, 0) is 19.3 Å². The number of hydrogen-bond donors (Lipinski definition) is 2. The summed E-state index contributed by atoms with van der Waals surface area (Å²) in [5.41, 5.74) is 5.75. The third-order valence-electron chi connectivity index (χ3n) is 1.88. The molecule has 0 aromatic rings. The van der Waals surface area contributed by atoms with Gasteiger partial charge in [-0.25, -0.2) is 0 Å². The molecule has 3 N–H and O–H groups in total. The van der Waals surface area contributed by atoms with Gasteiger partial charge in [-0.1, -0.05) is 19.8 Å². The first kappa shape index (κ1) is 11.4. The molecular weight excluding hydrogens is 154 g/mol. The van der Waals surface area contributed by atoms with Crippen LogP contribution in [0.25, 0.3) is 0 Å². The highest BCUT2D eigenvalue weighted by Gasteiger charge is 2.01. The first-order valence-electron chi connectivity index (χ1n) is 4.64. The van der Waals surface area contributed by atoms with Gasteiger partial charge in [0.25, 0.3) is 0 Å². The predicted octanol–water partition coefficient (Wildman–Crippen LogP) is 1.76. The summed E-state index contributed by atoms with van der Waals surface area (Å²) in [6.07, 6.45) is 5.09. The smallest absolute Gasteiger partial charge is 0.303 e. The highest BCUT2D eigenvalue weighted by molar-refractivity contribution is 5.66. The Morgan fingerprint density at radius 3 is 2.58 bits per heavy atom. The molecule has 0 saturated carbocycles. The zero-order chi connectivity index (χ0) is 9.40. The average Bonchev–Trinajstić information content (AvgIpc) is 1.98. The fourth-order valence-corrected chi connectivity index (χ4v) is 1.20. The quantitative estimate of drug-likeness (QED) is 0.576. The molecule has 0 aliphatic rings. The number of rotatable bonds is 7. The van der Waals surface area contributed by atoms with Crippen LogP contribution in [0.15, 0.2) is 0 Å². The summed E-state index contributed by atoms with van der Waals surface area (Å²) in [5.74, 6) is -0.709. The van der Waals surface area contributed by atoms with Crippen molar-refractivity contribution in [3.05, 3.63) is 0 Å². The minimum Gasteiger partial charge on any atom is -0.481 e. The minimum atomic E-state index is -0.709. The Morgan fingerprint density at radius 1 is 1.42 bits per heavy atom. The highest BCUT2D eigenvalue weighted by Crippen LogP contribution is 2.05. The van der Waals surface area contributed by atoms with Gasteiger partial charge in [0.1, 0.15) is 0 Å². The maximum atomic E-state index is 10.1. The number of nitrogens with two attached hydrogens (primary N) is 1. The molecule has 3 nitrogen and oxygen atoms in total. The SMILES string of the molecule is CCCC(N)CCCCC(=O)O. The third kappa shape index (κ3) is 7.54. The van der Waals surface area contributed by atoms with Gasteiger partial charge < -0.3 is 10.8 Å². The van der Waals surface area contributed by atoms with Gasteiger partial charge in [0.2, 0.25) is 0 Å². The van der Waals surface area contributed by atoms with Gasteiger partial charge in [0, 0.05) is 12.5 Å². The topological polar surface area (TPSA) is 63.3 Å². The van der Waals surface area contributed by atoms with Crippen molar-refractivity contribution in [1.29, 1.82) is 0 Å². The fraction of sp³-hybridized carbons (Fsp3) is 0.889. The molecule has 1 atom stereocenters. The van der Waals surface area contributed by atoms with Crippen LogP contribution >= 0.6 is 0 Å². The molecule has 12 heavy (non-hydrogen) atoms. The zero-order valence-electron chi connectivity index (χ0n) is 7.75. The lowest BCUT2D eigenvalue weighted by molar-refractivity contribution is -0.137. The van der Waals surface area contributed by atoms with Crippen LogP contribution in [0.3, 0.4) is 0 Å². The van der Waals surface area contributed by atoms with Crippen LogP contribution in [0.5, 0.6) is 0 Å². The Bertz CT molecular complexity index is 126. The molecule has 0 aromatic heterocycles. The minimum absolute atomic E-state index is 0.267. The second-order valence-electron chi connectivity index (χ2n) is 3.19. The molecule has 0 radical (unpaired) electrons. The molecule has 1 unspecified atom stereocenters. The van der Waals surface area contributed by atoms with Gasteiger partial charge >= 0.3 is 5.97 Å². The van der Waals surface area contributed by atoms with E-state index in [0.717, 1.165) is 32.1 Å². The highest BCUT2D eigenvalue weighted by atomic mass is 16.4. The molecule has 0 amide bonds. The Hall–Kier alpha value is -0.570. The molecule has 0 heterocycles. The molecule has 0 aliphatic carbocycles. The van der Waals surface area contributed by atoms with Gasteiger partial charge in [0.15, 0.2) is 0 Å². The molecule has 0 aromatic carbocycles. The molecule has 0 bridgehead atoms. The van der Waals surface area contributed by atoms with E-state index in [-0.39, 0.29) is 12.5 Å². The van der Waals surface area contributed by atoms with Gasteiger partial charge in [-0.15, -0.1) is 0 Å². The number of carboxylic acids is 1. The number of carboxylic acid groups (broad SMARTS) is 1. The van der Waals surface area contributed by atoms with Crippen LogP contribution in [0.1, 0.15) is 45.4 Å². The largest absolute Gasteiger partial charge is 0.481 e. The summed E-state index contributed by atoms with van der Waals surface area (Å²) in [4.78, 5) is 10.1. The van der Waals surface area contributed by atoms with E-state index in [0.29, 0.717) is 0 Å². The maximum Gasteiger partial charge on any atom is 0.303 e. The summed E-state index contributed by atoms with van der Waals surface area (Å²) in [5, 5.41) is 8.35. The first-order chi connectivity index (χ1) is 5.66. The van der Waals surface area contributed by atoms with Crippen LogP contribution in [-0.4, -0.2) is 17.1 Å². The third-order valence-corrected chi connectivity index (χ3v) is 1.88. The predicted molar refractivity (Wildman–Crippen MR) is 49.0 cm³/mol. The van der Waals surface area contributed by atoms with Crippen LogP contribution in [0, 0.1) is 0 Å². The molecule has 0 spiro atoms. The Balaban J connectivity index is 3.13. The molecule has 0 rings (SSSR count). The van der Waals surface area contributed by atoms with E-state index in [9.17, 15) is 4.79 Å². The lowest BCUT2D eigenvalue weighted by atomic mass is 10.1. The molecular formula is C9H19NO2. The molecule has 0 aliphatic heterocycles. The van der Waals surface area contributed by atoms with Crippen LogP contribution < -0.4 is 5.73 Å². The Labute approximate surface area is 74.0 Å². The van der Waals surface area contributed by atoms with Gasteiger partial charge in [0.05, 0.1) is 0 Å². The fourth-order valence-electron chi connectivity index (χ4n) is 1.20. The summed E-state index contributed by atoms with van der Waals surface area (Å²) in [6.45, 7) is 2.11. The molecule has 0 fully saturated rings. The van der Waals surface area contributed by atoms with Crippen LogP contribution in [0.2, 0.25) is 0 Å². The Morgan fingerprint density at radius 2 is 2.08 bits per heavy atom. The standard InChI is InChI=1S/C9H19NO2/c1-2-5-8(10)6-3-4-7-9(11)12/h8H,2-7,10H2,1H3,(H,11,12). The summed E-state index contributed by atoms with van der Waals surface area (Å²) < 4.78 is 0. The van der Waals surface area contributed by atoms with Gasteiger partial charge in [-0.2, -0.15) is 0 Å². The van der Waals surface area contributed by atoms with E-state index in [1.54, 1.807) is 0 Å². The van der Waals surface area contributed by atoms with E-state index in [4.69, 9.17) is 10.8 Å². The summed E-state index contributed by atoms with van der Waals surface area (Å²) in [7, 11) is 0. The molecule has 3 heteroatoms. The first-order valence-corrected chi connectivity index (χ1v) is 4.64. The van der Waals surface area contributed by atoms with Gasteiger partial charge in [-0.3, -0.25) is 4.79 Å². The van der Waals surface area contributed by atoms with Crippen molar-refractivity contribution in [3.8, 4) is 0 Å². The van der Waals surface area contributed by atoms with E-state index in [2.05, 4.69) is 6.92 Å². The van der Waals surface area contributed by atoms with E-state index in [1.807, 2.05) is 0 Å². The maximum absolute atomic E-state index is 10.1. The Kier molecular flexibility index (Phi) is 6.76. The lowest BCUT2D eigenvalue weighted by Gasteiger charge is -2.08. The zero-order valence-corrected chi connectivity index (χ0v) is 7.75. The van der Waals surface area contributed by atoms with E-state index >= 15 is 0 Å². The van der Waals surface area contributed by atoms with Crippen molar-refractivity contribution in [3.63, 3.8) is 0 Å². The number of aliphatic carboxylic acids is 1. The average molecular weight is 173 g/mol. The monoisotopic (exact) mass is 173 g/mol. The molecule has 72 valence electrons. The van der Waals surface area contributed by atoms with Crippen LogP contribution in [0.4, 0.5) is 0 Å². The van der Waals surface area contributed by atoms with Crippen molar-refractivity contribution < 1.29 is 9.90 Å². The van der Waals surface area contributed by atoms with Crippen molar-refractivity contribution >= 4 is 5.97 Å². The van der Waals surface area contributed by atoms with Crippen molar-refractivity contribution in [1.82, 2.24) is 0 Å². The van der Waals surface area contributed by atoms with Crippen molar-refractivity contribution in [2.24, 2.45) is 5.73 Å². The van der Waals surface area contributed by atoms with Crippen molar-refractivity contribution in [2.75, 3.05) is 0 Å². The van der Waals surface area contributed by atoms with E-state index in [1.165, 1.54) is 0 Å². The second-order valence-corrected chi connectivity index (χ2v) is 3.19. The molecule has 0 saturated heterocycles. The number of unbranched alkanes of at least 4 members (excludes halogenated alkanes) is 1. The lowest BCUT2D eigenvalue weighted by Crippen LogP contribution is -2.19. The summed E-state index contributed by atoms with van der Waals surface area (Å²) >= 11 is 0. The number of carbonyl (C=O) groups is 1. The van der Waals surface area contributed by atoms with Crippen LogP contribution in [-0.2, 0) is 4.79 Å². The normalized spacial score (nSPS) is 12.8. The van der Waals surface area contributed by atoms with E-state index < -0.39 is 5.97 Å².